The van der Waals surface area contributed by atoms with Crippen molar-refractivity contribution in [1.82, 2.24) is 9.80 Å². The van der Waals surface area contributed by atoms with Crippen LogP contribution >= 0.6 is 23.2 Å². The molecule has 0 saturated carbocycles. The number of halogens is 2. The first-order chi connectivity index (χ1) is 10.0. The summed E-state index contributed by atoms with van der Waals surface area (Å²) in [5.41, 5.74) is 0.578. The minimum absolute atomic E-state index is 0.0336. The number of amides is 1. The summed E-state index contributed by atoms with van der Waals surface area (Å²) >= 11 is 11.8. The largest absolute Gasteiger partial charge is 0.337 e. The molecule has 0 aliphatic carbocycles. The van der Waals surface area contributed by atoms with E-state index in [2.05, 4.69) is 4.90 Å². The predicted molar refractivity (Wildman–Crippen MR) is 82.0 cm³/mol. The van der Waals surface area contributed by atoms with Crippen molar-refractivity contribution in [2.45, 2.75) is 18.9 Å². The summed E-state index contributed by atoms with van der Waals surface area (Å²) in [7, 11) is 0. The van der Waals surface area contributed by atoms with Crippen LogP contribution in [0.3, 0.4) is 0 Å². The Morgan fingerprint density at radius 1 is 1.24 bits per heavy atom. The Bertz CT molecular complexity index is 591. The molecule has 0 N–H and O–H groups in total. The van der Waals surface area contributed by atoms with Crippen LogP contribution in [0.25, 0.3) is 0 Å². The first kappa shape index (κ1) is 14.8. The van der Waals surface area contributed by atoms with Gasteiger partial charge in [-0.2, -0.15) is 0 Å². The smallest absolute Gasteiger partial charge is 0.222 e. The third-order valence-corrected chi connectivity index (χ3v) is 4.93. The summed E-state index contributed by atoms with van der Waals surface area (Å²) in [5.74, 6) is 0.279. The van der Waals surface area contributed by atoms with E-state index in [4.69, 9.17) is 23.2 Å². The van der Waals surface area contributed by atoms with Crippen LogP contribution in [0.1, 0.15) is 23.2 Å². The highest BCUT2D eigenvalue weighted by molar-refractivity contribution is 6.42. The Morgan fingerprint density at radius 2 is 2.05 bits per heavy atom. The highest BCUT2D eigenvalue weighted by atomic mass is 35.5. The van der Waals surface area contributed by atoms with Gasteiger partial charge in [-0.25, -0.2) is 0 Å². The topological polar surface area (TPSA) is 40.6 Å². The van der Waals surface area contributed by atoms with Crippen molar-refractivity contribution in [3.05, 3.63) is 33.8 Å². The summed E-state index contributed by atoms with van der Waals surface area (Å²) in [4.78, 5) is 28.0. The molecule has 1 unspecified atom stereocenters. The molecule has 3 rings (SSSR count). The Balaban J connectivity index is 1.63. The van der Waals surface area contributed by atoms with Crippen LogP contribution in [0.4, 0.5) is 0 Å². The number of benzene rings is 1. The van der Waals surface area contributed by atoms with Crippen LogP contribution in [0.15, 0.2) is 18.2 Å². The van der Waals surface area contributed by atoms with Crippen LogP contribution in [-0.2, 0) is 4.79 Å². The van der Waals surface area contributed by atoms with E-state index in [-0.39, 0.29) is 17.7 Å². The number of piperazine rings is 1. The minimum Gasteiger partial charge on any atom is -0.337 e. The molecule has 21 heavy (non-hydrogen) atoms. The molecule has 6 heteroatoms. The number of fused-ring (bicyclic) bond motifs is 1. The van der Waals surface area contributed by atoms with Crippen molar-refractivity contribution in [3.8, 4) is 0 Å². The monoisotopic (exact) mass is 326 g/mol. The maximum absolute atomic E-state index is 12.3. The molecular formula is C15H16Cl2N2O2. The normalized spacial score (nSPS) is 22.5. The second-order valence-corrected chi connectivity index (χ2v) is 6.38. The van der Waals surface area contributed by atoms with Gasteiger partial charge in [-0.1, -0.05) is 23.2 Å². The van der Waals surface area contributed by atoms with E-state index < -0.39 is 0 Å². The lowest BCUT2D eigenvalue weighted by Gasteiger charge is -2.37. The van der Waals surface area contributed by atoms with Gasteiger partial charge in [-0.15, -0.1) is 0 Å². The van der Waals surface area contributed by atoms with E-state index in [1.807, 2.05) is 4.90 Å². The number of hydrogen-bond acceptors (Lipinski definition) is 3. The Labute approximate surface area is 133 Å². The number of carbonyl (C=O) groups is 2. The van der Waals surface area contributed by atoms with Gasteiger partial charge in [0.1, 0.15) is 0 Å². The molecular weight excluding hydrogens is 311 g/mol. The number of rotatable bonds is 3. The zero-order chi connectivity index (χ0) is 15.0. The molecule has 0 bridgehead atoms. The fourth-order valence-corrected chi connectivity index (χ4v) is 3.33. The molecule has 1 amide bonds. The standard InChI is InChI=1S/C15H16Cl2N2O2/c16-12-3-1-10(7-13(12)17)14(20)9-18-5-6-19-11(8-18)2-4-15(19)21/h1,3,7,11H,2,4-6,8-9H2. The molecule has 2 fully saturated rings. The van der Waals surface area contributed by atoms with Gasteiger partial charge in [-0.05, 0) is 24.6 Å². The Morgan fingerprint density at radius 3 is 2.81 bits per heavy atom. The molecule has 0 radical (unpaired) electrons. The number of Topliss-reactive ketones (excluding diaryl/α,β-unsaturated/α-hetero) is 1. The van der Waals surface area contributed by atoms with Crippen molar-refractivity contribution in [2.24, 2.45) is 0 Å². The van der Waals surface area contributed by atoms with Crippen molar-refractivity contribution in [2.75, 3.05) is 26.2 Å². The lowest BCUT2D eigenvalue weighted by molar-refractivity contribution is -0.130. The van der Waals surface area contributed by atoms with Gasteiger partial charge in [0, 0.05) is 37.7 Å². The van der Waals surface area contributed by atoms with E-state index in [1.54, 1.807) is 18.2 Å². The quantitative estimate of drug-likeness (QED) is 0.801. The fourth-order valence-electron chi connectivity index (χ4n) is 3.04. The van der Waals surface area contributed by atoms with Gasteiger partial charge < -0.3 is 4.90 Å². The molecule has 112 valence electrons. The van der Waals surface area contributed by atoms with Gasteiger partial charge in [0.05, 0.1) is 16.6 Å². The lowest BCUT2D eigenvalue weighted by Crippen LogP contribution is -2.52. The third-order valence-electron chi connectivity index (χ3n) is 4.19. The number of carbonyl (C=O) groups excluding carboxylic acids is 2. The van der Waals surface area contributed by atoms with Crippen molar-refractivity contribution < 1.29 is 9.59 Å². The molecule has 0 aromatic heterocycles. The van der Waals surface area contributed by atoms with Gasteiger partial charge in [-0.3, -0.25) is 14.5 Å². The zero-order valence-electron chi connectivity index (χ0n) is 11.5. The summed E-state index contributed by atoms with van der Waals surface area (Å²) in [5, 5.41) is 0.847. The van der Waals surface area contributed by atoms with Crippen LogP contribution in [-0.4, -0.2) is 53.7 Å². The van der Waals surface area contributed by atoms with E-state index >= 15 is 0 Å². The lowest BCUT2D eigenvalue weighted by atomic mass is 10.1. The first-order valence-corrected chi connectivity index (χ1v) is 7.80. The highest BCUT2D eigenvalue weighted by Crippen LogP contribution is 2.24. The summed E-state index contributed by atoms with van der Waals surface area (Å²) in [6.45, 7) is 2.60. The average Bonchev–Trinajstić information content (AvgIpc) is 2.83. The van der Waals surface area contributed by atoms with E-state index in [0.29, 0.717) is 28.6 Å². The van der Waals surface area contributed by atoms with Crippen LogP contribution in [0.5, 0.6) is 0 Å². The van der Waals surface area contributed by atoms with Gasteiger partial charge in [0.25, 0.3) is 0 Å². The minimum atomic E-state index is 0.0336. The van der Waals surface area contributed by atoms with E-state index in [0.717, 1.165) is 26.1 Å². The molecule has 1 aromatic carbocycles. The van der Waals surface area contributed by atoms with Gasteiger partial charge in [0.15, 0.2) is 5.78 Å². The molecule has 1 atom stereocenters. The molecule has 1 aromatic rings. The maximum atomic E-state index is 12.3. The summed E-state index contributed by atoms with van der Waals surface area (Å²) in [6.07, 6.45) is 1.54. The summed E-state index contributed by atoms with van der Waals surface area (Å²) < 4.78 is 0. The van der Waals surface area contributed by atoms with Crippen molar-refractivity contribution in [3.63, 3.8) is 0 Å². The second kappa shape index (κ2) is 5.95. The molecule has 2 aliphatic rings. The average molecular weight is 327 g/mol. The summed E-state index contributed by atoms with van der Waals surface area (Å²) in [6, 6.07) is 5.23. The van der Waals surface area contributed by atoms with E-state index in [1.165, 1.54) is 0 Å². The molecule has 2 heterocycles. The highest BCUT2D eigenvalue weighted by Gasteiger charge is 2.35. The van der Waals surface area contributed by atoms with Crippen LogP contribution in [0.2, 0.25) is 10.0 Å². The fraction of sp³-hybridized carbons (Fsp3) is 0.467. The van der Waals surface area contributed by atoms with E-state index in [9.17, 15) is 9.59 Å². The first-order valence-electron chi connectivity index (χ1n) is 7.04. The number of hydrogen-bond donors (Lipinski definition) is 0. The molecule has 2 aliphatic heterocycles. The maximum Gasteiger partial charge on any atom is 0.222 e. The molecule has 4 nitrogen and oxygen atoms in total. The number of nitrogens with zero attached hydrogens (tertiary/aromatic N) is 2. The second-order valence-electron chi connectivity index (χ2n) is 5.57. The Hall–Kier alpha value is -1.10. The predicted octanol–water partition coefficient (Wildman–Crippen LogP) is 2.48. The molecule has 0 spiro atoms. The van der Waals surface area contributed by atoms with Gasteiger partial charge in [0.2, 0.25) is 5.91 Å². The molecule has 2 saturated heterocycles. The van der Waals surface area contributed by atoms with Crippen LogP contribution < -0.4 is 0 Å². The zero-order valence-corrected chi connectivity index (χ0v) is 13.0. The van der Waals surface area contributed by atoms with Crippen LogP contribution in [0, 0.1) is 0 Å². The van der Waals surface area contributed by atoms with Crippen molar-refractivity contribution in [1.29, 1.82) is 0 Å². The van der Waals surface area contributed by atoms with Gasteiger partial charge >= 0.3 is 0 Å². The Kier molecular flexibility index (Phi) is 4.20. The number of ketones is 1. The SMILES string of the molecule is O=C(CN1CCN2C(=O)CCC2C1)c1ccc(Cl)c(Cl)c1. The third kappa shape index (κ3) is 3.07. The van der Waals surface area contributed by atoms with Crippen molar-refractivity contribution >= 4 is 34.9 Å².